The fraction of sp³-hybridized carbons (Fsp3) is 0.517. The number of sulfone groups is 1. The zero-order valence-electron chi connectivity index (χ0n) is 24.5. The van der Waals surface area contributed by atoms with E-state index in [0.717, 1.165) is 30.7 Å². The third kappa shape index (κ3) is 6.81. The first-order valence-corrected chi connectivity index (χ1v) is 17.7. The highest BCUT2D eigenvalue weighted by Gasteiger charge is 2.52. The summed E-state index contributed by atoms with van der Waals surface area (Å²) in [6.45, 7) is 0. The number of amides is 2. The van der Waals surface area contributed by atoms with Crippen LogP contribution in [-0.4, -0.2) is 58.7 Å². The third-order valence-corrected chi connectivity index (χ3v) is 12.0. The summed E-state index contributed by atoms with van der Waals surface area (Å²) >= 11 is 0. The normalized spacial score (nSPS) is 26.4. The van der Waals surface area contributed by atoms with Gasteiger partial charge in [0, 0.05) is 17.8 Å². The average Bonchev–Trinajstić information content (AvgIpc) is 3.59. The monoisotopic (exact) mass is 691 g/mol. The number of methoxy groups -OCH3 is 1. The second kappa shape index (κ2) is 12.6. The van der Waals surface area contributed by atoms with Crippen LogP contribution in [0, 0.1) is 23.6 Å². The van der Waals surface area contributed by atoms with Crippen LogP contribution in [0.1, 0.15) is 55.3 Å². The van der Waals surface area contributed by atoms with Gasteiger partial charge < -0.3 is 20.1 Å². The van der Waals surface area contributed by atoms with Crippen LogP contribution in [0.3, 0.4) is 0 Å². The first-order chi connectivity index (χ1) is 21.5. The lowest BCUT2D eigenvalue weighted by Crippen LogP contribution is -2.48. The van der Waals surface area contributed by atoms with Gasteiger partial charge in [-0.2, -0.15) is 13.2 Å². The number of benzene rings is 2. The molecular weight excluding hydrogens is 658 g/mol. The number of rotatable bonds is 9. The van der Waals surface area contributed by atoms with E-state index in [1.807, 2.05) is 0 Å². The molecule has 3 aliphatic rings. The molecule has 4 N–H and O–H groups in total. The van der Waals surface area contributed by atoms with E-state index in [1.165, 1.54) is 19.2 Å². The molecule has 3 aliphatic carbocycles. The van der Waals surface area contributed by atoms with Gasteiger partial charge in [0.1, 0.15) is 5.75 Å². The number of nitrogens with two attached hydrogens (primary N) is 1. The zero-order chi connectivity index (χ0) is 33.6. The third-order valence-electron chi connectivity index (χ3n) is 9.11. The lowest BCUT2D eigenvalue weighted by molar-refractivity contribution is -0.122. The molecule has 17 heteroatoms. The van der Waals surface area contributed by atoms with E-state index in [-0.39, 0.29) is 47.4 Å². The molecule has 0 aromatic heterocycles. The first kappa shape index (κ1) is 33.9. The van der Waals surface area contributed by atoms with Crippen LogP contribution in [0.15, 0.2) is 41.3 Å². The Morgan fingerprint density at radius 2 is 1.61 bits per heavy atom. The molecule has 46 heavy (non-hydrogen) atoms. The van der Waals surface area contributed by atoms with Crippen LogP contribution in [-0.2, 0) is 24.7 Å². The van der Waals surface area contributed by atoms with Gasteiger partial charge in [-0.05, 0) is 81.0 Å². The number of ether oxygens (including phenoxy) is 2. The number of hydrogen-bond acceptors (Lipinski definition) is 8. The molecular formula is C29H33F4N3O8S2. The number of carbonyl (C=O) groups excluding carboxylic acids is 2. The second-order valence-corrected chi connectivity index (χ2v) is 15.7. The lowest BCUT2D eigenvalue weighted by Gasteiger charge is -2.31. The molecule has 0 radical (unpaired) electrons. The summed E-state index contributed by atoms with van der Waals surface area (Å²) in [4.78, 5) is 26.0. The van der Waals surface area contributed by atoms with E-state index in [4.69, 9.17) is 14.6 Å². The molecule has 4 atom stereocenters. The number of fused-ring (bicyclic) bond motifs is 2. The summed E-state index contributed by atoms with van der Waals surface area (Å²) in [6.07, 6.45) is 2.59. The number of carbonyl (C=O) groups is 2. The quantitative estimate of drug-likeness (QED) is 0.333. The fourth-order valence-electron chi connectivity index (χ4n) is 6.84. The number of alkyl halides is 3. The van der Waals surface area contributed by atoms with Crippen molar-refractivity contribution >= 4 is 37.4 Å². The molecule has 2 aromatic rings. The van der Waals surface area contributed by atoms with E-state index in [2.05, 4.69) is 10.6 Å². The number of hydrogen-bond donors (Lipinski definition) is 3. The van der Waals surface area contributed by atoms with Crippen LogP contribution >= 0.6 is 0 Å². The van der Waals surface area contributed by atoms with E-state index in [9.17, 15) is 44.0 Å². The summed E-state index contributed by atoms with van der Waals surface area (Å²) in [5.74, 6) is -3.39. The molecule has 0 spiro atoms. The molecule has 3 saturated carbocycles. The van der Waals surface area contributed by atoms with Gasteiger partial charge in [-0.15, -0.1) is 0 Å². The van der Waals surface area contributed by atoms with Gasteiger partial charge >= 0.3 is 5.51 Å². The van der Waals surface area contributed by atoms with Gasteiger partial charge in [0.05, 0.1) is 34.8 Å². The minimum Gasteiger partial charge on any atom is -0.496 e. The molecule has 11 nitrogen and oxygen atoms in total. The SMILES string of the molecule is COc1cc(F)c(O[C@H]2CC[C@H](S(N)(=O)=O)CC2)cc1C(=O)N[C@@H]1[C@@H]2CC[C@@H](C2)[C@@H]1C(=O)Nc1cccc(S(=O)(=O)C(F)(F)F)c1. The van der Waals surface area contributed by atoms with Crippen molar-refractivity contribution in [3.63, 3.8) is 0 Å². The van der Waals surface area contributed by atoms with Crippen LogP contribution in [0.2, 0.25) is 0 Å². The molecule has 0 aliphatic heterocycles. The first-order valence-electron chi connectivity index (χ1n) is 14.6. The van der Waals surface area contributed by atoms with E-state index < -0.39 is 71.2 Å². The van der Waals surface area contributed by atoms with Gasteiger partial charge in [-0.1, -0.05) is 6.07 Å². The smallest absolute Gasteiger partial charge is 0.496 e. The van der Waals surface area contributed by atoms with Crippen molar-refractivity contribution in [1.82, 2.24) is 5.32 Å². The Hall–Kier alpha value is -3.44. The predicted molar refractivity (Wildman–Crippen MR) is 157 cm³/mol. The summed E-state index contributed by atoms with van der Waals surface area (Å²) in [5.41, 5.74) is -5.73. The summed E-state index contributed by atoms with van der Waals surface area (Å²) in [7, 11) is -8.09. The number of primary sulfonamides is 1. The summed E-state index contributed by atoms with van der Waals surface area (Å²) in [5, 5.41) is 9.90. The van der Waals surface area contributed by atoms with Crippen molar-refractivity contribution in [1.29, 1.82) is 0 Å². The highest BCUT2D eigenvalue weighted by molar-refractivity contribution is 7.92. The number of nitrogens with one attached hydrogen (secondary N) is 2. The van der Waals surface area contributed by atoms with Gasteiger partial charge in [-0.3, -0.25) is 9.59 Å². The Kier molecular flexibility index (Phi) is 9.31. The molecule has 0 heterocycles. The van der Waals surface area contributed by atoms with Crippen molar-refractivity contribution in [2.45, 2.75) is 72.7 Å². The molecule has 2 amide bonds. The maximum absolute atomic E-state index is 15.0. The number of sulfonamides is 1. The van der Waals surface area contributed by atoms with Crippen LogP contribution < -0.4 is 25.2 Å². The summed E-state index contributed by atoms with van der Waals surface area (Å²) < 4.78 is 112. The Morgan fingerprint density at radius 3 is 2.24 bits per heavy atom. The zero-order valence-corrected chi connectivity index (χ0v) is 26.2. The minimum absolute atomic E-state index is 0.0656. The molecule has 3 fully saturated rings. The fourth-order valence-corrected chi connectivity index (χ4v) is 8.57. The van der Waals surface area contributed by atoms with Crippen molar-refractivity contribution in [3.8, 4) is 11.5 Å². The second-order valence-electron chi connectivity index (χ2n) is 11.9. The Morgan fingerprint density at radius 1 is 0.935 bits per heavy atom. The van der Waals surface area contributed by atoms with Gasteiger partial charge in [-0.25, -0.2) is 26.4 Å². The van der Waals surface area contributed by atoms with E-state index >= 15 is 0 Å². The average molecular weight is 692 g/mol. The minimum atomic E-state index is -5.64. The Bertz CT molecular complexity index is 1730. The highest BCUT2D eigenvalue weighted by Crippen LogP contribution is 2.49. The van der Waals surface area contributed by atoms with E-state index in [1.54, 1.807) is 0 Å². The van der Waals surface area contributed by atoms with Gasteiger partial charge in [0.2, 0.25) is 15.9 Å². The Labute approximate surface area is 263 Å². The van der Waals surface area contributed by atoms with Gasteiger partial charge in [0.15, 0.2) is 11.6 Å². The summed E-state index contributed by atoms with van der Waals surface area (Å²) in [6, 6.07) is 5.36. The molecule has 2 aromatic carbocycles. The molecule has 252 valence electrons. The molecule has 5 rings (SSSR count). The van der Waals surface area contributed by atoms with E-state index in [0.29, 0.717) is 25.7 Å². The highest BCUT2D eigenvalue weighted by atomic mass is 32.2. The maximum Gasteiger partial charge on any atom is 0.501 e. The van der Waals surface area contributed by atoms with Crippen molar-refractivity contribution in [3.05, 3.63) is 47.8 Å². The van der Waals surface area contributed by atoms with Crippen LogP contribution in [0.5, 0.6) is 11.5 Å². The van der Waals surface area contributed by atoms with Crippen molar-refractivity contribution < 1.29 is 53.5 Å². The molecule has 2 bridgehead atoms. The van der Waals surface area contributed by atoms with Gasteiger partial charge in [0.25, 0.3) is 15.7 Å². The largest absolute Gasteiger partial charge is 0.501 e. The number of halogens is 4. The Balaban J connectivity index is 1.32. The molecule has 0 unspecified atom stereocenters. The van der Waals surface area contributed by atoms with Crippen molar-refractivity contribution in [2.75, 3.05) is 12.4 Å². The topological polar surface area (TPSA) is 171 Å². The maximum atomic E-state index is 15.0. The van der Waals surface area contributed by atoms with Crippen LogP contribution in [0.4, 0.5) is 23.2 Å². The lowest BCUT2D eigenvalue weighted by atomic mass is 9.83. The number of anilines is 1. The van der Waals surface area contributed by atoms with Crippen molar-refractivity contribution in [2.24, 2.45) is 22.9 Å². The molecule has 0 saturated heterocycles. The van der Waals surface area contributed by atoms with Crippen LogP contribution in [0.25, 0.3) is 0 Å². The predicted octanol–water partition coefficient (Wildman–Crippen LogP) is 3.89. The standard InChI is InChI=1S/C29H33F4N3O8S2/c1-43-23-14-22(30)24(44-18-7-9-19(10-8-18)46(34,41)42)13-21(23)27(37)36-26-16-6-5-15(11-16)25(26)28(38)35-17-3-2-4-20(12-17)45(39,40)29(31,32)33/h2-4,12-16,18-19,25-26H,5-11H2,1H3,(H,35,38)(H,36,37)(H2,34,41,42)/t15-,16+,18-,19-,25-,26+/m0/s1.